The predicted molar refractivity (Wildman–Crippen MR) is 100 cm³/mol. The van der Waals surface area contributed by atoms with E-state index in [1.54, 1.807) is 0 Å². The van der Waals surface area contributed by atoms with E-state index in [1.807, 2.05) is 0 Å². The molecule has 1 aliphatic heterocycles. The minimum Gasteiger partial charge on any atom is -0.328 e. The fourth-order valence-corrected chi connectivity index (χ4v) is 5.06. The fourth-order valence-electron chi connectivity index (χ4n) is 5.06. The average molecular weight is 311 g/mol. The first-order valence-corrected chi connectivity index (χ1v) is 9.82. The molecule has 0 aromatic carbocycles. The van der Waals surface area contributed by atoms with Crippen molar-refractivity contribution in [1.82, 2.24) is 0 Å². The van der Waals surface area contributed by atoms with Crippen molar-refractivity contribution in [2.75, 3.05) is 27.2 Å². The van der Waals surface area contributed by atoms with E-state index in [4.69, 9.17) is 0 Å². The van der Waals surface area contributed by atoms with E-state index in [2.05, 4.69) is 55.6 Å². The maximum Gasteiger partial charge on any atom is 0.0816 e. The van der Waals surface area contributed by atoms with Crippen molar-refractivity contribution in [2.45, 2.75) is 86.5 Å². The van der Waals surface area contributed by atoms with Gasteiger partial charge in [0, 0.05) is 11.8 Å². The van der Waals surface area contributed by atoms with Crippen LogP contribution in [0.3, 0.4) is 0 Å². The summed E-state index contributed by atoms with van der Waals surface area (Å²) in [5.41, 5.74) is 1.05. The number of hydrogen-bond donors (Lipinski definition) is 0. The number of quaternary nitrogens is 1. The van der Waals surface area contributed by atoms with Gasteiger partial charge in [-0.15, -0.1) is 0 Å². The lowest BCUT2D eigenvalue weighted by Gasteiger charge is -2.33. The monoisotopic (exact) mass is 310 g/mol. The minimum absolute atomic E-state index is 0.523. The van der Waals surface area contributed by atoms with Gasteiger partial charge in [-0.05, 0) is 36.5 Å². The number of hydrogen-bond acceptors (Lipinski definition) is 0. The van der Waals surface area contributed by atoms with Crippen LogP contribution >= 0.6 is 0 Å². The Hall–Kier alpha value is -0.0400. The summed E-state index contributed by atoms with van der Waals surface area (Å²) < 4.78 is 1.24. The molecule has 0 radical (unpaired) electrons. The molecule has 0 aromatic heterocycles. The van der Waals surface area contributed by atoms with E-state index in [9.17, 15) is 0 Å². The smallest absolute Gasteiger partial charge is 0.0816 e. The van der Waals surface area contributed by atoms with Gasteiger partial charge in [0.25, 0.3) is 0 Å². The van der Waals surface area contributed by atoms with Crippen molar-refractivity contribution in [1.29, 1.82) is 0 Å². The quantitative estimate of drug-likeness (QED) is 0.449. The third-order valence-corrected chi connectivity index (χ3v) is 5.89. The molecule has 0 amide bonds. The van der Waals surface area contributed by atoms with Crippen molar-refractivity contribution in [2.24, 2.45) is 22.7 Å². The summed E-state index contributed by atoms with van der Waals surface area (Å²) in [6, 6.07) is 0. The Labute approximate surface area is 141 Å². The first-order chi connectivity index (χ1) is 10.0. The van der Waals surface area contributed by atoms with Gasteiger partial charge < -0.3 is 4.48 Å². The van der Waals surface area contributed by atoms with Gasteiger partial charge in [-0.2, -0.15) is 0 Å². The molecule has 1 aliphatic rings. The topological polar surface area (TPSA) is 0 Å². The molecular weight excluding hydrogens is 266 g/mol. The normalized spacial score (nSPS) is 25.6. The molecule has 1 heterocycles. The van der Waals surface area contributed by atoms with Gasteiger partial charge in [-0.3, -0.25) is 0 Å². The molecule has 0 N–H and O–H groups in total. The van der Waals surface area contributed by atoms with Crippen LogP contribution in [0.5, 0.6) is 0 Å². The summed E-state index contributed by atoms with van der Waals surface area (Å²) >= 11 is 0. The molecule has 0 aromatic rings. The largest absolute Gasteiger partial charge is 0.328 e. The van der Waals surface area contributed by atoms with Gasteiger partial charge in [-0.1, -0.05) is 60.8 Å². The van der Waals surface area contributed by atoms with E-state index in [1.165, 1.54) is 62.5 Å². The van der Waals surface area contributed by atoms with Crippen molar-refractivity contribution >= 4 is 0 Å². The van der Waals surface area contributed by atoms with Crippen molar-refractivity contribution < 1.29 is 4.48 Å². The molecule has 2 unspecified atom stereocenters. The first-order valence-electron chi connectivity index (χ1n) is 9.82. The zero-order valence-electron chi connectivity index (χ0n) is 17.0. The van der Waals surface area contributed by atoms with Gasteiger partial charge >= 0.3 is 0 Å². The Morgan fingerprint density at radius 2 is 1.23 bits per heavy atom. The van der Waals surface area contributed by atoms with E-state index in [0.29, 0.717) is 10.8 Å². The second-order valence-electron chi connectivity index (χ2n) is 10.4. The number of likely N-dealkylation sites (tertiary alicyclic amines) is 1. The van der Waals surface area contributed by atoms with Gasteiger partial charge in [0.1, 0.15) is 0 Å². The summed E-state index contributed by atoms with van der Waals surface area (Å²) in [4.78, 5) is 0. The van der Waals surface area contributed by atoms with Crippen LogP contribution in [-0.4, -0.2) is 31.7 Å². The molecule has 0 spiro atoms. The molecule has 1 fully saturated rings. The van der Waals surface area contributed by atoms with Crippen molar-refractivity contribution in [3.63, 3.8) is 0 Å². The maximum atomic E-state index is 2.51. The Balaban J connectivity index is 2.72. The summed E-state index contributed by atoms with van der Waals surface area (Å²) in [7, 11) is 4.89. The zero-order valence-corrected chi connectivity index (χ0v) is 17.0. The molecule has 2 atom stereocenters. The van der Waals surface area contributed by atoms with Crippen molar-refractivity contribution in [3.05, 3.63) is 0 Å². The Morgan fingerprint density at radius 3 is 1.64 bits per heavy atom. The molecule has 1 nitrogen and oxygen atoms in total. The van der Waals surface area contributed by atoms with Crippen LogP contribution < -0.4 is 0 Å². The lowest BCUT2D eigenvalue weighted by atomic mass is 9.71. The van der Waals surface area contributed by atoms with Crippen LogP contribution in [0, 0.1) is 22.7 Å². The minimum atomic E-state index is 0.523. The zero-order chi connectivity index (χ0) is 17.0. The van der Waals surface area contributed by atoms with Crippen LogP contribution in [0.2, 0.25) is 0 Å². The number of nitrogens with zero attached hydrogens (tertiary/aromatic N) is 1. The maximum absolute atomic E-state index is 2.51. The molecule has 1 rings (SSSR count). The molecule has 1 heteroatoms. The Bertz CT molecular complexity index is 327. The number of rotatable bonds is 9. The summed E-state index contributed by atoms with van der Waals surface area (Å²) in [6.45, 7) is 17.4. The molecule has 22 heavy (non-hydrogen) atoms. The third-order valence-electron chi connectivity index (χ3n) is 5.89. The highest BCUT2D eigenvalue weighted by Gasteiger charge is 2.43. The standard InChI is InChI=1S/C21H44N/c1-9-11-13-21(5,6)15-19-17-22(7,8)16-18(19)14-20(3,4)12-10-2/h18-19H,9-17H2,1-8H3/q+1. The predicted octanol–water partition coefficient (Wildman–Crippen LogP) is 6.13. The summed E-state index contributed by atoms with van der Waals surface area (Å²) in [5.74, 6) is 1.86. The molecule has 132 valence electrons. The Kier molecular flexibility index (Phi) is 6.99. The van der Waals surface area contributed by atoms with Gasteiger partial charge in [0.15, 0.2) is 0 Å². The first kappa shape index (κ1) is 20.0. The lowest BCUT2D eigenvalue weighted by molar-refractivity contribution is -0.880. The van der Waals surface area contributed by atoms with Crippen LogP contribution in [0.1, 0.15) is 86.5 Å². The highest BCUT2D eigenvalue weighted by atomic mass is 15.3. The van der Waals surface area contributed by atoms with Crippen LogP contribution in [0.4, 0.5) is 0 Å². The third kappa shape index (κ3) is 6.60. The van der Waals surface area contributed by atoms with Gasteiger partial charge in [0.05, 0.1) is 27.2 Å². The lowest BCUT2D eigenvalue weighted by Crippen LogP contribution is -2.37. The van der Waals surface area contributed by atoms with E-state index < -0.39 is 0 Å². The highest BCUT2D eigenvalue weighted by Crippen LogP contribution is 2.44. The van der Waals surface area contributed by atoms with Crippen LogP contribution in [-0.2, 0) is 0 Å². The van der Waals surface area contributed by atoms with E-state index in [0.717, 1.165) is 11.8 Å². The second-order valence-corrected chi connectivity index (χ2v) is 10.4. The van der Waals surface area contributed by atoms with Crippen LogP contribution in [0.25, 0.3) is 0 Å². The SMILES string of the molecule is CCCCC(C)(C)CC1C[N+](C)(C)CC1CC(C)(C)CCC. The molecule has 0 bridgehead atoms. The summed E-state index contributed by atoms with van der Waals surface area (Å²) in [6.07, 6.45) is 9.69. The molecular formula is C21H44N+. The number of unbranched alkanes of at least 4 members (excludes halogenated alkanes) is 1. The van der Waals surface area contributed by atoms with Gasteiger partial charge in [-0.25, -0.2) is 0 Å². The average Bonchev–Trinajstić information content (AvgIpc) is 2.59. The van der Waals surface area contributed by atoms with E-state index >= 15 is 0 Å². The van der Waals surface area contributed by atoms with Crippen LogP contribution in [0.15, 0.2) is 0 Å². The fraction of sp³-hybridized carbons (Fsp3) is 1.00. The summed E-state index contributed by atoms with van der Waals surface area (Å²) in [5, 5.41) is 0. The van der Waals surface area contributed by atoms with Gasteiger partial charge in [0.2, 0.25) is 0 Å². The molecule has 1 saturated heterocycles. The highest BCUT2D eigenvalue weighted by molar-refractivity contribution is 4.85. The van der Waals surface area contributed by atoms with E-state index in [-0.39, 0.29) is 0 Å². The Morgan fingerprint density at radius 1 is 0.773 bits per heavy atom. The molecule has 0 aliphatic carbocycles. The second kappa shape index (κ2) is 7.69. The molecule has 0 saturated carbocycles. The van der Waals surface area contributed by atoms with Crippen molar-refractivity contribution in [3.8, 4) is 0 Å².